The molecule has 0 aromatic carbocycles. The Kier molecular flexibility index (Phi) is 3.36. The summed E-state index contributed by atoms with van der Waals surface area (Å²) in [6.45, 7) is 2.72. The van der Waals surface area contributed by atoms with Gasteiger partial charge in [-0.2, -0.15) is 4.73 Å². The number of carbonyl (C=O) groups excluding carboxylic acids is 1. The van der Waals surface area contributed by atoms with Gasteiger partial charge >= 0.3 is 0 Å². The number of carbonyl (C=O) groups is 1. The SMILES string of the molecule is C[C@H]1C[C@H]1c1ccc(CN(C(=O)c2cc[n+]([O-])cc2)C2CC2)o1. The normalized spacial score (nSPS) is 22.8. The fraction of sp³-hybridized carbons (Fsp3) is 0.444. The third-order valence-electron chi connectivity index (χ3n) is 4.78. The molecular formula is C18H20N2O3. The maximum Gasteiger partial charge on any atom is 0.254 e. The van der Waals surface area contributed by atoms with Gasteiger partial charge in [0.1, 0.15) is 11.5 Å². The van der Waals surface area contributed by atoms with Crippen LogP contribution in [-0.2, 0) is 6.54 Å². The molecule has 2 fully saturated rings. The van der Waals surface area contributed by atoms with E-state index < -0.39 is 0 Å². The average molecular weight is 312 g/mol. The van der Waals surface area contributed by atoms with Gasteiger partial charge in [-0.25, -0.2) is 0 Å². The van der Waals surface area contributed by atoms with Crippen LogP contribution in [0.15, 0.2) is 41.1 Å². The second kappa shape index (κ2) is 5.41. The van der Waals surface area contributed by atoms with Crippen molar-refractivity contribution in [3.8, 4) is 0 Å². The molecule has 4 rings (SSSR count). The van der Waals surface area contributed by atoms with E-state index in [-0.39, 0.29) is 11.9 Å². The first-order chi connectivity index (χ1) is 11.1. The molecule has 0 saturated heterocycles. The van der Waals surface area contributed by atoms with Crippen LogP contribution < -0.4 is 4.73 Å². The number of pyridine rings is 1. The molecular weight excluding hydrogens is 292 g/mol. The number of hydrogen-bond donors (Lipinski definition) is 0. The van der Waals surface area contributed by atoms with Gasteiger partial charge in [-0.15, -0.1) is 0 Å². The van der Waals surface area contributed by atoms with E-state index in [9.17, 15) is 10.0 Å². The van der Waals surface area contributed by atoms with Crippen molar-refractivity contribution in [2.24, 2.45) is 5.92 Å². The van der Waals surface area contributed by atoms with Crippen molar-refractivity contribution in [2.45, 2.75) is 44.7 Å². The van der Waals surface area contributed by atoms with E-state index in [0.717, 1.165) is 24.4 Å². The van der Waals surface area contributed by atoms with E-state index in [0.29, 0.717) is 28.7 Å². The summed E-state index contributed by atoms with van der Waals surface area (Å²) in [6.07, 6.45) is 5.98. The lowest BCUT2D eigenvalue weighted by atomic mass is 10.2. The standard InChI is InChI=1S/C18H20N2O3/c1-12-10-16(12)17-5-4-15(23-17)11-20(14-2-3-14)18(21)13-6-8-19(22)9-7-13/h4-9,12,14,16H,2-3,10-11H2,1H3/t12-,16+/m0/s1. The Morgan fingerprint density at radius 2 is 2.00 bits per heavy atom. The average Bonchev–Trinajstić information content (AvgIpc) is 3.46. The Morgan fingerprint density at radius 3 is 2.61 bits per heavy atom. The van der Waals surface area contributed by atoms with Crippen LogP contribution in [0.25, 0.3) is 0 Å². The minimum atomic E-state index is -0.0363. The molecule has 0 spiro atoms. The molecule has 0 bridgehead atoms. The third-order valence-corrected chi connectivity index (χ3v) is 4.78. The third kappa shape index (κ3) is 2.96. The zero-order chi connectivity index (χ0) is 16.0. The lowest BCUT2D eigenvalue weighted by molar-refractivity contribution is -0.605. The molecule has 23 heavy (non-hydrogen) atoms. The zero-order valence-electron chi connectivity index (χ0n) is 13.1. The maximum absolute atomic E-state index is 12.7. The smallest absolute Gasteiger partial charge is 0.254 e. The van der Waals surface area contributed by atoms with Crippen molar-refractivity contribution in [2.75, 3.05) is 0 Å². The largest absolute Gasteiger partial charge is 0.619 e. The fourth-order valence-electron chi connectivity index (χ4n) is 3.04. The Labute approximate surface area is 135 Å². The summed E-state index contributed by atoms with van der Waals surface area (Å²) in [5, 5.41) is 11.1. The van der Waals surface area contributed by atoms with Gasteiger partial charge in [0, 0.05) is 24.1 Å². The van der Waals surface area contributed by atoms with Crippen molar-refractivity contribution in [1.29, 1.82) is 0 Å². The summed E-state index contributed by atoms with van der Waals surface area (Å²) in [5.41, 5.74) is 0.548. The van der Waals surface area contributed by atoms with E-state index in [4.69, 9.17) is 4.42 Å². The van der Waals surface area contributed by atoms with Crippen molar-refractivity contribution < 1.29 is 13.9 Å². The van der Waals surface area contributed by atoms with Crippen molar-refractivity contribution >= 4 is 5.91 Å². The van der Waals surface area contributed by atoms with Crippen molar-refractivity contribution in [3.63, 3.8) is 0 Å². The monoisotopic (exact) mass is 312 g/mol. The summed E-state index contributed by atoms with van der Waals surface area (Å²) in [5.74, 6) is 3.11. The van der Waals surface area contributed by atoms with E-state index in [1.54, 1.807) is 12.1 Å². The van der Waals surface area contributed by atoms with Crippen LogP contribution in [0.2, 0.25) is 0 Å². The van der Waals surface area contributed by atoms with Gasteiger partial charge in [0.05, 0.1) is 12.1 Å². The number of furan rings is 1. The molecule has 2 aliphatic carbocycles. The molecule has 0 radical (unpaired) electrons. The van der Waals surface area contributed by atoms with Crippen LogP contribution in [-0.4, -0.2) is 16.8 Å². The first-order valence-electron chi connectivity index (χ1n) is 8.20. The topological polar surface area (TPSA) is 60.4 Å². The lowest BCUT2D eigenvalue weighted by Gasteiger charge is -2.21. The Morgan fingerprint density at radius 1 is 1.30 bits per heavy atom. The second-order valence-electron chi connectivity index (χ2n) is 6.73. The lowest BCUT2D eigenvalue weighted by Crippen LogP contribution is -2.33. The maximum atomic E-state index is 12.7. The number of nitrogens with zero attached hydrogens (tertiary/aromatic N) is 2. The molecule has 2 aromatic rings. The molecule has 0 unspecified atom stereocenters. The van der Waals surface area contributed by atoms with Crippen LogP contribution in [0.5, 0.6) is 0 Å². The van der Waals surface area contributed by atoms with E-state index in [2.05, 4.69) is 6.92 Å². The Hall–Kier alpha value is -2.30. The van der Waals surface area contributed by atoms with Crippen LogP contribution in [0.1, 0.15) is 54.0 Å². The first kappa shape index (κ1) is 14.3. The summed E-state index contributed by atoms with van der Waals surface area (Å²) in [4.78, 5) is 14.6. The van der Waals surface area contributed by atoms with Gasteiger partial charge in [-0.1, -0.05) is 6.92 Å². The van der Waals surface area contributed by atoms with Gasteiger partial charge < -0.3 is 14.5 Å². The molecule has 0 N–H and O–H groups in total. The number of hydrogen-bond acceptors (Lipinski definition) is 3. The molecule has 2 atom stereocenters. The molecule has 2 aliphatic rings. The molecule has 2 heterocycles. The highest BCUT2D eigenvalue weighted by Gasteiger charge is 2.37. The highest BCUT2D eigenvalue weighted by Crippen LogP contribution is 2.47. The van der Waals surface area contributed by atoms with Crippen molar-refractivity contribution in [3.05, 3.63) is 59.0 Å². The Balaban J connectivity index is 1.50. The van der Waals surface area contributed by atoms with Crippen LogP contribution >= 0.6 is 0 Å². The van der Waals surface area contributed by atoms with Gasteiger partial charge in [0.15, 0.2) is 12.4 Å². The minimum Gasteiger partial charge on any atom is -0.619 e. The number of amides is 1. The Bertz CT molecular complexity index is 718. The van der Waals surface area contributed by atoms with Gasteiger partial charge in [0.25, 0.3) is 5.91 Å². The summed E-state index contributed by atoms with van der Waals surface area (Å²) < 4.78 is 6.63. The first-order valence-corrected chi connectivity index (χ1v) is 8.20. The van der Waals surface area contributed by atoms with Crippen molar-refractivity contribution in [1.82, 2.24) is 4.90 Å². The van der Waals surface area contributed by atoms with Crippen LogP contribution in [0.3, 0.4) is 0 Å². The quantitative estimate of drug-likeness (QED) is 0.630. The van der Waals surface area contributed by atoms with Gasteiger partial charge in [-0.05, 0) is 37.3 Å². The highest BCUT2D eigenvalue weighted by atomic mass is 16.5. The van der Waals surface area contributed by atoms with Gasteiger partial charge in [-0.3, -0.25) is 4.79 Å². The molecule has 1 amide bonds. The molecule has 0 aliphatic heterocycles. The zero-order valence-corrected chi connectivity index (χ0v) is 13.1. The predicted octanol–water partition coefficient (Wildman–Crippen LogP) is 2.84. The minimum absolute atomic E-state index is 0.0363. The number of rotatable bonds is 5. The van der Waals surface area contributed by atoms with Crippen LogP contribution in [0, 0.1) is 11.1 Å². The molecule has 2 saturated carbocycles. The van der Waals surface area contributed by atoms with Crippen LogP contribution in [0.4, 0.5) is 0 Å². The second-order valence-corrected chi connectivity index (χ2v) is 6.73. The molecule has 120 valence electrons. The highest BCUT2D eigenvalue weighted by molar-refractivity contribution is 5.94. The predicted molar refractivity (Wildman–Crippen MR) is 83.5 cm³/mol. The molecule has 2 aromatic heterocycles. The molecule has 5 nitrogen and oxygen atoms in total. The van der Waals surface area contributed by atoms with E-state index in [1.807, 2.05) is 17.0 Å². The van der Waals surface area contributed by atoms with E-state index in [1.165, 1.54) is 18.8 Å². The summed E-state index contributed by atoms with van der Waals surface area (Å²) >= 11 is 0. The van der Waals surface area contributed by atoms with Gasteiger partial charge in [0.2, 0.25) is 0 Å². The number of aromatic nitrogens is 1. The molecule has 5 heteroatoms. The summed E-state index contributed by atoms with van der Waals surface area (Å²) in [6, 6.07) is 7.46. The fourth-order valence-corrected chi connectivity index (χ4v) is 3.04. The van der Waals surface area contributed by atoms with E-state index >= 15 is 0 Å². The summed E-state index contributed by atoms with van der Waals surface area (Å²) in [7, 11) is 0.